The molecule has 2 aromatic rings. The highest BCUT2D eigenvalue weighted by atomic mass is 16.6. The molecular formula is C26H34N2O6. The maximum Gasteiger partial charge on any atom is 0.283 e. The van der Waals surface area contributed by atoms with Crippen LogP contribution in [-0.2, 0) is 4.79 Å². The predicted octanol–water partition coefficient (Wildman–Crippen LogP) is 5.32. The van der Waals surface area contributed by atoms with Gasteiger partial charge in [0.05, 0.1) is 11.5 Å². The summed E-state index contributed by atoms with van der Waals surface area (Å²) in [6, 6.07) is 14.0. The number of rotatable bonds is 17. The van der Waals surface area contributed by atoms with Gasteiger partial charge < -0.3 is 14.7 Å². The largest absolute Gasteiger partial charge is 0.493 e. The molecule has 0 aliphatic heterocycles. The summed E-state index contributed by atoms with van der Waals surface area (Å²) in [5.74, 6) is 0.327. The second-order valence-electron chi connectivity index (χ2n) is 8.10. The fraction of sp³-hybridized carbons (Fsp3) is 0.462. The smallest absolute Gasteiger partial charge is 0.283 e. The number of nitro groups is 1. The Hall–Kier alpha value is -3.26. The van der Waals surface area contributed by atoms with Gasteiger partial charge in [-0.1, -0.05) is 49.9 Å². The Morgan fingerprint density at radius 3 is 2.35 bits per heavy atom. The number of benzene rings is 2. The van der Waals surface area contributed by atoms with E-state index in [2.05, 4.69) is 0 Å². The third-order valence-corrected chi connectivity index (χ3v) is 5.56. The molecule has 0 aliphatic carbocycles. The van der Waals surface area contributed by atoms with Crippen molar-refractivity contribution in [1.29, 1.82) is 0 Å². The lowest BCUT2D eigenvalue weighted by molar-refractivity contribution is -0.385. The van der Waals surface area contributed by atoms with Crippen LogP contribution in [0.25, 0.3) is 0 Å². The van der Waals surface area contributed by atoms with E-state index in [4.69, 9.17) is 9.84 Å². The van der Waals surface area contributed by atoms with Crippen LogP contribution in [0.2, 0.25) is 0 Å². The molecule has 0 fully saturated rings. The van der Waals surface area contributed by atoms with Crippen molar-refractivity contribution in [2.45, 2.75) is 57.8 Å². The molecule has 0 bridgehead atoms. The Balaban J connectivity index is 1.73. The van der Waals surface area contributed by atoms with Gasteiger partial charge in [0.1, 0.15) is 11.3 Å². The number of carbonyl (C=O) groups excluding carboxylic acids is 2. The van der Waals surface area contributed by atoms with Gasteiger partial charge in [0.2, 0.25) is 5.91 Å². The highest BCUT2D eigenvalue weighted by molar-refractivity contribution is 5.93. The van der Waals surface area contributed by atoms with Crippen molar-refractivity contribution in [2.75, 3.05) is 24.7 Å². The number of unbranched alkanes of at least 4 members (excludes halogenated alkanes) is 6. The van der Waals surface area contributed by atoms with E-state index >= 15 is 0 Å². The second kappa shape index (κ2) is 15.6. The van der Waals surface area contributed by atoms with E-state index < -0.39 is 4.92 Å². The van der Waals surface area contributed by atoms with E-state index in [1.165, 1.54) is 12.1 Å². The number of aldehydes is 1. The number of amides is 1. The van der Waals surface area contributed by atoms with Gasteiger partial charge in [-0.15, -0.1) is 0 Å². The first-order chi connectivity index (χ1) is 16.6. The number of carbonyl (C=O) groups is 2. The van der Waals surface area contributed by atoms with Crippen molar-refractivity contribution >= 4 is 23.6 Å². The minimum Gasteiger partial charge on any atom is -0.493 e. The van der Waals surface area contributed by atoms with Gasteiger partial charge in [0, 0.05) is 31.3 Å². The highest BCUT2D eigenvalue weighted by Gasteiger charge is 2.18. The van der Waals surface area contributed by atoms with E-state index in [1.807, 2.05) is 35.2 Å². The van der Waals surface area contributed by atoms with Crippen LogP contribution in [0.15, 0.2) is 48.5 Å². The quantitative estimate of drug-likeness (QED) is 0.145. The predicted molar refractivity (Wildman–Crippen MR) is 131 cm³/mol. The molecule has 0 saturated carbocycles. The topological polar surface area (TPSA) is 110 Å². The number of anilines is 1. The maximum atomic E-state index is 12.9. The van der Waals surface area contributed by atoms with Crippen molar-refractivity contribution < 1.29 is 24.4 Å². The summed E-state index contributed by atoms with van der Waals surface area (Å²) in [6.07, 6.45) is 7.75. The van der Waals surface area contributed by atoms with E-state index in [0.29, 0.717) is 25.9 Å². The van der Waals surface area contributed by atoms with Crippen molar-refractivity contribution in [3.8, 4) is 5.75 Å². The van der Waals surface area contributed by atoms with Crippen LogP contribution in [0.3, 0.4) is 0 Å². The van der Waals surface area contributed by atoms with E-state index in [0.717, 1.165) is 57.1 Å². The zero-order chi connectivity index (χ0) is 24.6. The molecule has 0 spiro atoms. The molecule has 1 amide bonds. The fourth-order valence-electron chi connectivity index (χ4n) is 3.73. The van der Waals surface area contributed by atoms with Gasteiger partial charge in [-0.25, -0.2) is 0 Å². The Labute approximate surface area is 200 Å². The molecular weight excluding hydrogens is 436 g/mol. The zero-order valence-electron chi connectivity index (χ0n) is 19.6. The molecule has 2 rings (SSSR count). The summed E-state index contributed by atoms with van der Waals surface area (Å²) in [6.45, 7) is 1.22. The first-order valence-electron chi connectivity index (χ1n) is 11.9. The zero-order valence-corrected chi connectivity index (χ0v) is 19.6. The molecule has 1 N–H and O–H groups in total. The molecule has 34 heavy (non-hydrogen) atoms. The molecule has 2 aromatic carbocycles. The lowest BCUT2D eigenvalue weighted by Gasteiger charge is -2.23. The van der Waals surface area contributed by atoms with Crippen LogP contribution in [0, 0.1) is 10.1 Å². The minimum atomic E-state index is -0.596. The SMILES string of the molecule is O=Cc1c(OCCCCCCC(=O)N(CCCCCCO)c2ccccc2)cccc1[N+](=O)[O-]. The van der Waals surface area contributed by atoms with Crippen LogP contribution in [0.5, 0.6) is 5.75 Å². The number of nitrogens with zero attached hydrogens (tertiary/aromatic N) is 2. The van der Waals surface area contributed by atoms with Crippen molar-refractivity contribution in [3.63, 3.8) is 0 Å². The lowest BCUT2D eigenvalue weighted by Crippen LogP contribution is -2.31. The Kier molecular flexibility index (Phi) is 12.3. The molecule has 0 atom stereocenters. The summed E-state index contributed by atoms with van der Waals surface area (Å²) in [7, 11) is 0. The van der Waals surface area contributed by atoms with E-state index in [1.54, 1.807) is 6.07 Å². The molecule has 0 aliphatic rings. The molecule has 0 unspecified atom stereocenters. The van der Waals surface area contributed by atoms with Gasteiger partial charge >= 0.3 is 0 Å². The van der Waals surface area contributed by atoms with Crippen molar-refractivity contribution in [3.05, 3.63) is 64.2 Å². The van der Waals surface area contributed by atoms with Crippen LogP contribution in [-0.4, -0.2) is 42.0 Å². The number of nitro benzene ring substituents is 1. The number of ether oxygens (including phenoxy) is 1. The van der Waals surface area contributed by atoms with E-state index in [-0.39, 0.29) is 29.5 Å². The summed E-state index contributed by atoms with van der Waals surface area (Å²) >= 11 is 0. The lowest BCUT2D eigenvalue weighted by atomic mass is 10.1. The van der Waals surface area contributed by atoms with Gasteiger partial charge in [0.15, 0.2) is 6.29 Å². The highest BCUT2D eigenvalue weighted by Crippen LogP contribution is 2.26. The normalized spacial score (nSPS) is 10.6. The second-order valence-corrected chi connectivity index (χ2v) is 8.10. The first kappa shape index (κ1) is 27.0. The number of hydrogen-bond donors (Lipinski definition) is 1. The minimum absolute atomic E-state index is 0.0459. The molecule has 0 aromatic heterocycles. The Morgan fingerprint density at radius 1 is 0.941 bits per heavy atom. The van der Waals surface area contributed by atoms with E-state index in [9.17, 15) is 19.7 Å². The van der Waals surface area contributed by atoms with Gasteiger partial charge in [-0.2, -0.15) is 0 Å². The number of aliphatic hydroxyl groups excluding tert-OH is 1. The summed E-state index contributed by atoms with van der Waals surface area (Å²) in [5.41, 5.74) is 0.601. The number of para-hydroxylation sites is 1. The van der Waals surface area contributed by atoms with Crippen molar-refractivity contribution in [1.82, 2.24) is 0 Å². The Morgan fingerprint density at radius 2 is 1.65 bits per heavy atom. The first-order valence-corrected chi connectivity index (χ1v) is 11.9. The third kappa shape index (κ3) is 8.94. The number of aliphatic hydroxyl groups is 1. The van der Waals surface area contributed by atoms with Crippen molar-refractivity contribution in [2.24, 2.45) is 0 Å². The third-order valence-electron chi connectivity index (χ3n) is 5.56. The fourth-order valence-corrected chi connectivity index (χ4v) is 3.73. The number of hydrogen-bond acceptors (Lipinski definition) is 6. The summed E-state index contributed by atoms with van der Waals surface area (Å²) in [4.78, 5) is 36.4. The van der Waals surface area contributed by atoms with Crippen LogP contribution in [0.1, 0.15) is 68.1 Å². The van der Waals surface area contributed by atoms with Gasteiger partial charge in [-0.3, -0.25) is 19.7 Å². The molecule has 8 nitrogen and oxygen atoms in total. The van der Waals surface area contributed by atoms with Gasteiger partial charge in [-0.05, 0) is 43.9 Å². The standard InChI is InChI=1S/C26H34N2O6/c29-19-10-3-2-9-18-27(22-13-6-5-7-14-22)26(31)17-8-1-4-11-20-34-25-16-12-15-24(28(32)33)23(25)21-30/h5-7,12-16,21,29H,1-4,8-11,17-20H2. The molecule has 184 valence electrons. The van der Waals surface area contributed by atoms with Crippen LogP contribution >= 0.6 is 0 Å². The molecule has 8 heteroatoms. The maximum absolute atomic E-state index is 12.9. The molecule has 0 heterocycles. The van der Waals surface area contributed by atoms with Gasteiger partial charge in [0.25, 0.3) is 5.69 Å². The average Bonchev–Trinajstić information content (AvgIpc) is 2.85. The van der Waals surface area contributed by atoms with Crippen LogP contribution in [0.4, 0.5) is 11.4 Å². The summed E-state index contributed by atoms with van der Waals surface area (Å²) in [5, 5.41) is 19.9. The van der Waals surface area contributed by atoms with Crippen LogP contribution < -0.4 is 9.64 Å². The summed E-state index contributed by atoms with van der Waals surface area (Å²) < 4.78 is 5.59. The monoisotopic (exact) mass is 470 g/mol. The Bertz CT molecular complexity index is 903. The average molecular weight is 471 g/mol. The molecule has 0 radical (unpaired) electrons. The molecule has 0 saturated heterocycles.